The van der Waals surface area contributed by atoms with Crippen LogP contribution in [0, 0.1) is 5.82 Å². The van der Waals surface area contributed by atoms with Crippen LogP contribution in [0.1, 0.15) is 22.3 Å². The molecule has 0 spiro atoms. The van der Waals surface area contributed by atoms with Crippen molar-refractivity contribution in [2.75, 3.05) is 11.9 Å². The number of hydrogen-bond donors (Lipinski definition) is 1. The van der Waals surface area contributed by atoms with Gasteiger partial charge in [-0.15, -0.1) is 0 Å². The molecule has 0 heterocycles. The largest absolute Gasteiger partial charge is 0.490 e. The second kappa shape index (κ2) is 8.76. The summed E-state index contributed by atoms with van der Waals surface area (Å²) in [6.45, 7) is 0.0510. The second-order valence-corrected chi connectivity index (χ2v) is 5.85. The van der Waals surface area contributed by atoms with E-state index in [1.165, 1.54) is 12.1 Å². The van der Waals surface area contributed by atoms with Crippen LogP contribution in [0.2, 0.25) is 0 Å². The van der Waals surface area contributed by atoms with Crippen LogP contribution in [-0.2, 0) is 4.79 Å². The third-order valence-electron chi connectivity index (χ3n) is 3.87. The number of amides is 1. The summed E-state index contributed by atoms with van der Waals surface area (Å²) < 4.78 is 18.7. The molecule has 0 aliphatic heterocycles. The van der Waals surface area contributed by atoms with E-state index in [2.05, 4.69) is 5.32 Å². The molecule has 0 aromatic heterocycles. The van der Waals surface area contributed by atoms with Crippen LogP contribution in [0.15, 0.2) is 78.9 Å². The molecule has 0 aliphatic rings. The van der Waals surface area contributed by atoms with Gasteiger partial charge >= 0.3 is 0 Å². The summed E-state index contributed by atoms with van der Waals surface area (Å²) >= 11 is 0. The fourth-order valence-corrected chi connectivity index (χ4v) is 2.53. The molecule has 136 valence electrons. The van der Waals surface area contributed by atoms with Gasteiger partial charge in [-0.3, -0.25) is 9.59 Å². The lowest BCUT2D eigenvalue weighted by Gasteiger charge is -2.09. The summed E-state index contributed by atoms with van der Waals surface area (Å²) in [4.78, 5) is 24.5. The van der Waals surface area contributed by atoms with E-state index in [-0.39, 0.29) is 30.5 Å². The highest BCUT2D eigenvalue weighted by Crippen LogP contribution is 2.17. The van der Waals surface area contributed by atoms with Crippen molar-refractivity contribution in [2.24, 2.45) is 0 Å². The van der Waals surface area contributed by atoms with Crippen molar-refractivity contribution in [3.8, 4) is 5.75 Å². The normalized spacial score (nSPS) is 10.3. The number of para-hydroxylation sites is 1. The number of carbonyl (C=O) groups excluding carboxylic acids is 2. The van der Waals surface area contributed by atoms with Gasteiger partial charge in [0, 0.05) is 16.8 Å². The standard InChI is InChI=1S/C22H18FNO3/c23-19-11-4-5-12-20(19)27-14-13-21(25)24-18-10-6-9-17(15-18)22(26)16-7-2-1-3-8-16/h1-12,15H,13-14H2,(H,24,25). The highest BCUT2D eigenvalue weighted by atomic mass is 19.1. The molecule has 0 aliphatic carbocycles. The van der Waals surface area contributed by atoms with Crippen LogP contribution in [-0.4, -0.2) is 18.3 Å². The molecule has 0 radical (unpaired) electrons. The van der Waals surface area contributed by atoms with E-state index in [1.807, 2.05) is 6.07 Å². The Kier molecular flexibility index (Phi) is 5.94. The first kappa shape index (κ1) is 18.3. The number of halogens is 1. The van der Waals surface area contributed by atoms with Crippen LogP contribution in [0.5, 0.6) is 5.75 Å². The van der Waals surface area contributed by atoms with Crippen LogP contribution < -0.4 is 10.1 Å². The molecule has 1 amide bonds. The average molecular weight is 363 g/mol. The number of ether oxygens (including phenoxy) is 1. The Morgan fingerprint density at radius 3 is 2.33 bits per heavy atom. The van der Waals surface area contributed by atoms with Gasteiger partial charge in [0.25, 0.3) is 0 Å². The fraction of sp³-hybridized carbons (Fsp3) is 0.0909. The lowest BCUT2D eigenvalue weighted by Crippen LogP contribution is -2.15. The number of anilines is 1. The smallest absolute Gasteiger partial charge is 0.227 e. The number of carbonyl (C=O) groups is 2. The number of rotatable bonds is 7. The van der Waals surface area contributed by atoms with E-state index in [0.717, 1.165) is 0 Å². The van der Waals surface area contributed by atoms with E-state index in [0.29, 0.717) is 16.8 Å². The number of ketones is 1. The van der Waals surface area contributed by atoms with E-state index >= 15 is 0 Å². The maximum atomic E-state index is 13.5. The molecule has 3 rings (SSSR count). The Balaban J connectivity index is 1.57. The van der Waals surface area contributed by atoms with Gasteiger partial charge in [-0.05, 0) is 24.3 Å². The molecule has 4 nitrogen and oxygen atoms in total. The predicted molar refractivity (Wildman–Crippen MR) is 101 cm³/mol. The molecule has 27 heavy (non-hydrogen) atoms. The molecule has 1 N–H and O–H groups in total. The van der Waals surface area contributed by atoms with Crippen LogP contribution in [0.3, 0.4) is 0 Å². The molecule has 0 unspecified atom stereocenters. The van der Waals surface area contributed by atoms with Crippen molar-refractivity contribution in [1.29, 1.82) is 0 Å². The van der Waals surface area contributed by atoms with E-state index in [4.69, 9.17) is 4.74 Å². The topological polar surface area (TPSA) is 55.4 Å². The predicted octanol–water partition coefficient (Wildman–Crippen LogP) is 4.46. The van der Waals surface area contributed by atoms with Gasteiger partial charge in [0.1, 0.15) is 0 Å². The minimum Gasteiger partial charge on any atom is -0.490 e. The van der Waals surface area contributed by atoms with Crippen molar-refractivity contribution < 1.29 is 18.7 Å². The zero-order valence-corrected chi connectivity index (χ0v) is 14.5. The van der Waals surface area contributed by atoms with Gasteiger partial charge < -0.3 is 10.1 Å². The van der Waals surface area contributed by atoms with E-state index < -0.39 is 5.82 Å². The molecular formula is C22H18FNO3. The third kappa shape index (κ3) is 5.01. The summed E-state index contributed by atoms with van der Waals surface area (Å²) in [5.74, 6) is -0.754. The first-order valence-electron chi connectivity index (χ1n) is 8.50. The van der Waals surface area contributed by atoms with Crippen LogP contribution in [0.4, 0.5) is 10.1 Å². The lowest BCUT2D eigenvalue weighted by molar-refractivity contribution is -0.116. The van der Waals surface area contributed by atoms with Gasteiger partial charge in [0.2, 0.25) is 5.91 Å². The first-order valence-corrected chi connectivity index (χ1v) is 8.50. The molecule has 0 atom stereocenters. The summed E-state index contributed by atoms with van der Waals surface area (Å²) in [7, 11) is 0. The van der Waals surface area contributed by atoms with E-state index in [9.17, 15) is 14.0 Å². The van der Waals surface area contributed by atoms with Gasteiger partial charge in [0.15, 0.2) is 17.3 Å². The maximum Gasteiger partial charge on any atom is 0.227 e. The highest BCUT2D eigenvalue weighted by molar-refractivity contribution is 6.09. The molecule has 3 aromatic carbocycles. The van der Waals surface area contributed by atoms with Crippen LogP contribution in [0.25, 0.3) is 0 Å². The first-order chi connectivity index (χ1) is 13.1. The minimum absolute atomic E-state index is 0.0510. The number of nitrogens with one attached hydrogen (secondary N) is 1. The Labute approximate surface area is 156 Å². The Morgan fingerprint density at radius 2 is 1.56 bits per heavy atom. The molecule has 0 bridgehead atoms. The average Bonchev–Trinajstić information content (AvgIpc) is 2.70. The SMILES string of the molecule is O=C(CCOc1ccccc1F)Nc1cccc(C(=O)c2ccccc2)c1. The van der Waals surface area contributed by atoms with Crippen molar-refractivity contribution in [3.63, 3.8) is 0 Å². The summed E-state index contributed by atoms with van der Waals surface area (Å²) in [5, 5.41) is 2.72. The summed E-state index contributed by atoms with van der Waals surface area (Å²) in [6, 6.07) is 21.7. The molecular weight excluding hydrogens is 345 g/mol. The lowest BCUT2D eigenvalue weighted by atomic mass is 10.0. The van der Waals surface area contributed by atoms with Gasteiger partial charge in [0.05, 0.1) is 13.0 Å². The summed E-state index contributed by atoms with van der Waals surface area (Å²) in [6.07, 6.45) is 0.0607. The number of benzene rings is 3. The molecule has 0 saturated carbocycles. The zero-order valence-electron chi connectivity index (χ0n) is 14.5. The van der Waals surface area contributed by atoms with E-state index in [1.54, 1.807) is 60.7 Å². The minimum atomic E-state index is -0.468. The Bertz CT molecular complexity index is 941. The molecule has 5 heteroatoms. The second-order valence-electron chi connectivity index (χ2n) is 5.85. The summed E-state index contributed by atoms with van der Waals surface area (Å²) in [5.41, 5.74) is 1.59. The van der Waals surface area contributed by atoms with Crippen molar-refractivity contribution in [3.05, 3.63) is 95.8 Å². The van der Waals surface area contributed by atoms with Gasteiger partial charge in [-0.1, -0.05) is 54.6 Å². The Morgan fingerprint density at radius 1 is 0.852 bits per heavy atom. The highest BCUT2D eigenvalue weighted by Gasteiger charge is 2.10. The van der Waals surface area contributed by atoms with Crippen molar-refractivity contribution in [1.82, 2.24) is 0 Å². The van der Waals surface area contributed by atoms with Crippen molar-refractivity contribution in [2.45, 2.75) is 6.42 Å². The van der Waals surface area contributed by atoms with Crippen LogP contribution >= 0.6 is 0 Å². The quantitative estimate of drug-likeness (QED) is 0.631. The van der Waals surface area contributed by atoms with Crippen molar-refractivity contribution >= 4 is 17.4 Å². The third-order valence-corrected chi connectivity index (χ3v) is 3.87. The van der Waals surface area contributed by atoms with Gasteiger partial charge in [-0.25, -0.2) is 4.39 Å². The van der Waals surface area contributed by atoms with Gasteiger partial charge in [-0.2, -0.15) is 0 Å². The fourth-order valence-electron chi connectivity index (χ4n) is 2.53. The number of hydrogen-bond acceptors (Lipinski definition) is 3. The Hall–Kier alpha value is -3.47. The maximum absolute atomic E-state index is 13.5. The monoisotopic (exact) mass is 363 g/mol. The molecule has 0 fully saturated rings. The zero-order chi connectivity index (χ0) is 19.1. The molecule has 3 aromatic rings. The molecule has 0 saturated heterocycles.